The van der Waals surface area contributed by atoms with Gasteiger partial charge in [-0.2, -0.15) is 0 Å². The van der Waals surface area contributed by atoms with Crippen LogP contribution in [0.2, 0.25) is 5.02 Å². The molecule has 0 aliphatic carbocycles. The number of benzene rings is 2. The van der Waals surface area contributed by atoms with Crippen molar-refractivity contribution in [3.05, 3.63) is 53.6 Å². The van der Waals surface area contributed by atoms with E-state index in [2.05, 4.69) is 15.6 Å². The van der Waals surface area contributed by atoms with Crippen LogP contribution in [0, 0.1) is 0 Å². The van der Waals surface area contributed by atoms with Gasteiger partial charge in [0.05, 0.1) is 11.6 Å². The van der Waals surface area contributed by atoms with E-state index in [9.17, 15) is 4.79 Å². The molecule has 0 spiro atoms. The smallest absolute Gasteiger partial charge is 0.266 e. The molecule has 0 unspecified atom stereocenters. The van der Waals surface area contributed by atoms with Crippen LogP contribution in [0.25, 0.3) is 11.3 Å². The van der Waals surface area contributed by atoms with Crippen molar-refractivity contribution in [1.82, 2.24) is 10.3 Å². The van der Waals surface area contributed by atoms with Crippen molar-refractivity contribution < 1.29 is 18.9 Å². The molecule has 0 aliphatic rings. The normalized spacial score (nSPS) is 11.7. The zero-order chi connectivity index (χ0) is 19.9. The van der Waals surface area contributed by atoms with Crippen LogP contribution in [0.4, 0.5) is 5.82 Å². The summed E-state index contributed by atoms with van der Waals surface area (Å²) < 4.78 is 16.0. The number of rotatable bonds is 8. The maximum absolute atomic E-state index is 12.5. The lowest BCUT2D eigenvalue weighted by molar-refractivity contribution is -0.122. The topological polar surface area (TPSA) is 86.5 Å². The number of para-hydroxylation sites is 1. The minimum Gasteiger partial charge on any atom is -0.494 e. The van der Waals surface area contributed by atoms with Gasteiger partial charge in [-0.1, -0.05) is 30.7 Å². The highest BCUT2D eigenvalue weighted by molar-refractivity contribution is 6.32. The van der Waals surface area contributed by atoms with Crippen LogP contribution in [0.15, 0.2) is 53.2 Å². The lowest BCUT2D eigenvalue weighted by Gasteiger charge is -2.14. The van der Waals surface area contributed by atoms with E-state index in [4.69, 9.17) is 25.7 Å². The molecule has 3 rings (SSSR count). The van der Waals surface area contributed by atoms with E-state index in [1.165, 1.54) is 0 Å². The van der Waals surface area contributed by atoms with Crippen molar-refractivity contribution in [2.24, 2.45) is 0 Å². The number of aromatic nitrogens is 2. The average Bonchev–Trinajstić information content (AvgIpc) is 3.16. The first-order valence-electron chi connectivity index (χ1n) is 8.86. The molecule has 0 radical (unpaired) electrons. The number of hydrogen-bond donors (Lipinski definition) is 1. The molecule has 0 aliphatic heterocycles. The maximum Gasteiger partial charge on any atom is 0.266 e. The van der Waals surface area contributed by atoms with E-state index < -0.39 is 12.0 Å². The zero-order valence-electron chi connectivity index (χ0n) is 15.5. The van der Waals surface area contributed by atoms with E-state index in [0.717, 1.165) is 17.7 Å². The van der Waals surface area contributed by atoms with Gasteiger partial charge in [-0.05, 0) is 60.1 Å². The number of halogens is 1. The quantitative estimate of drug-likeness (QED) is 0.594. The Morgan fingerprint density at radius 2 is 1.93 bits per heavy atom. The van der Waals surface area contributed by atoms with E-state index in [-0.39, 0.29) is 5.82 Å². The molecule has 7 nitrogen and oxygen atoms in total. The third-order valence-corrected chi connectivity index (χ3v) is 4.15. The fourth-order valence-electron chi connectivity index (χ4n) is 2.39. The predicted molar refractivity (Wildman–Crippen MR) is 106 cm³/mol. The van der Waals surface area contributed by atoms with Crippen molar-refractivity contribution in [1.29, 1.82) is 0 Å². The molecule has 3 aromatic rings. The molecule has 0 saturated carbocycles. The van der Waals surface area contributed by atoms with Gasteiger partial charge >= 0.3 is 0 Å². The Kier molecular flexibility index (Phi) is 6.49. The SMILES string of the molecule is CCCOc1ccc(-c2nonc2NC(=O)[C@H](C)Oc2ccccc2Cl)cc1. The molecule has 0 fully saturated rings. The van der Waals surface area contributed by atoms with Crippen molar-refractivity contribution in [2.45, 2.75) is 26.4 Å². The van der Waals surface area contributed by atoms with E-state index in [1.807, 2.05) is 31.2 Å². The van der Waals surface area contributed by atoms with Crippen LogP contribution in [0.1, 0.15) is 20.3 Å². The van der Waals surface area contributed by atoms with Crippen LogP contribution in [0.3, 0.4) is 0 Å². The number of nitrogens with one attached hydrogen (secondary N) is 1. The second-order valence-corrected chi connectivity index (χ2v) is 6.42. The van der Waals surface area contributed by atoms with Gasteiger partial charge in [-0.3, -0.25) is 4.79 Å². The highest BCUT2D eigenvalue weighted by Gasteiger charge is 2.21. The van der Waals surface area contributed by atoms with Crippen LogP contribution < -0.4 is 14.8 Å². The van der Waals surface area contributed by atoms with Crippen LogP contribution in [0.5, 0.6) is 11.5 Å². The van der Waals surface area contributed by atoms with Gasteiger partial charge in [0.1, 0.15) is 11.5 Å². The van der Waals surface area contributed by atoms with Gasteiger partial charge < -0.3 is 14.8 Å². The van der Waals surface area contributed by atoms with Gasteiger partial charge in [0.25, 0.3) is 5.91 Å². The van der Waals surface area contributed by atoms with E-state index >= 15 is 0 Å². The standard InChI is InChI=1S/C20H20ClN3O4/c1-3-12-26-15-10-8-14(9-11-15)18-19(24-28-23-18)22-20(25)13(2)27-17-7-5-4-6-16(17)21/h4-11,13H,3,12H2,1-2H3,(H,22,24,25)/t13-/m0/s1. The summed E-state index contributed by atoms with van der Waals surface area (Å²) in [6.07, 6.45) is 0.133. The van der Waals surface area contributed by atoms with Crippen molar-refractivity contribution in [2.75, 3.05) is 11.9 Å². The molecule has 0 saturated heterocycles. The Bertz CT molecular complexity index is 927. The lowest BCUT2D eigenvalue weighted by atomic mass is 10.1. The number of anilines is 1. The largest absolute Gasteiger partial charge is 0.494 e. The summed E-state index contributed by atoms with van der Waals surface area (Å²) >= 11 is 6.06. The summed E-state index contributed by atoms with van der Waals surface area (Å²) in [5.41, 5.74) is 1.15. The van der Waals surface area contributed by atoms with E-state index in [1.54, 1.807) is 31.2 Å². The highest BCUT2D eigenvalue weighted by Crippen LogP contribution is 2.27. The van der Waals surface area contributed by atoms with Crippen LogP contribution >= 0.6 is 11.6 Å². The minimum absolute atomic E-state index is 0.210. The average molecular weight is 402 g/mol. The number of nitrogens with zero attached hydrogens (tertiary/aromatic N) is 2. The first kappa shape index (κ1) is 19.7. The minimum atomic E-state index is -0.797. The third-order valence-electron chi connectivity index (χ3n) is 3.84. The Balaban J connectivity index is 1.68. The Morgan fingerprint density at radius 3 is 2.64 bits per heavy atom. The molecule has 8 heteroatoms. The highest BCUT2D eigenvalue weighted by atomic mass is 35.5. The molecule has 0 bridgehead atoms. The van der Waals surface area contributed by atoms with Gasteiger partial charge in [0, 0.05) is 5.56 Å². The summed E-state index contributed by atoms with van der Waals surface area (Å²) in [6.45, 7) is 4.31. The fraction of sp³-hybridized carbons (Fsp3) is 0.250. The van der Waals surface area contributed by atoms with Crippen LogP contribution in [-0.4, -0.2) is 28.9 Å². The zero-order valence-corrected chi connectivity index (χ0v) is 16.3. The van der Waals surface area contributed by atoms with Gasteiger partial charge in [0.2, 0.25) is 5.82 Å². The Labute approximate surface area is 167 Å². The summed E-state index contributed by atoms with van der Waals surface area (Å²) in [7, 11) is 0. The molecular weight excluding hydrogens is 382 g/mol. The van der Waals surface area contributed by atoms with Crippen molar-refractivity contribution in [3.8, 4) is 22.8 Å². The molecule has 1 heterocycles. The van der Waals surface area contributed by atoms with Crippen LogP contribution in [-0.2, 0) is 4.79 Å². The lowest BCUT2D eigenvalue weighted by Crippen LogP contribution is -2.30. The monoisotopic (exact) mass is 401 g/mol. The van der Waals surface area contributed by atoms with Gasteiger partial charge in [0.15, 0.2) is 11.8 Å². The number of ether oxygens (including phenoxy) is 2. The summed E-state index contributed by atoms with van der Waals surface area (Å²) in [5.74, 6) is 0.990. The van der Waals surface area contributed by atoms with Gasteiger partial charge in [-0.25, -0.2) is 4.63 Å². The molecule has 146 valence electrons. The van der Waals surface area contributed by atoms with Crippen molar-refractivity contribution >= 4 is 23.3 Å². The molecule has 1 amide bonds. The number of carbonyl (C=O) groups excluding carboxylic acids is 1. The molecule has 1 N–H and O–H groups in total. The molecular formula is C20H20ClN3O4. The predicted octanol–water partition coefficient (Wildman–Crippen LogP) is 4.58. The molecule has 28 heavy (non-hydrogen) atoms. The Hall–Kier alpha value is -3.06. The third kappa shape index (κ3) is 4.80. The maximum atomic E-state index is 12.5. The number of carbonyl (C=O) groups is 1. The summed E-state index contributed by atoms with van der Waals surface area (Å²) in [4.78, 5) is 12.5. The van der Waals surface area contributed by atoms with Crippen molar-refractivity contribution in [3.63, 3.8) is 0 Å². The molecule has 1 aromatic heterocycles. The summed E-state index contributed by atoms with van der Waals surface area (Å²) in [6, 6.07) is 14.2. The Morgan fingerprint density at radius 1 is 1.18 bits per heavy atom. The number of amides is 1. The summed E-state index contributed by atoms with van der Waals surface area (Å²) in [5, 5.41) is 10.8. The number of hydrogen-bond acceptors (Lipinski definition) is 6. The molecule has 2 aromatic carbocycles. The van der Waals surface area contributed by atoms with E-state index in [0.29, 0.717) is 23.1 Å². The second kappa shape index (κ2) is 9.23. The van der Waals surface area contributed by atoms with Gasteiger partial charge in [-0.15, -0.1) is 0 Å². The first-order valence-corrected chi connectivity index (χ1v) is 9.24. The second-order valence-electron chi connectivity index (χ2n) is 6.01. The first-order chi connectivity index (χ1) is 13.6. The molecule has 1 atom stereocenters. The fourth-order valence-corrected chi connectivity index (χ4v) is 2.57.